The molecule has 0 amide bonds. The number of halogens is 1. The van der Waals surface area contributed by atoms with Crippen LogP contribution in [0.4, 0.5) is 4.39 Å². The van der Waals surface area contributed by atoms with Crippen LogP contribution in [0.5, 0.6) is 0 Å². The molecule has 0 radical (unpaired) electrons. The van der Waals surface area contributed by atoms with Gasteiger partial charge in [0, 0.05) is 5.56 Å². The van der Waals surface area contributed by atoms with E-state index < -0.39 is 0 Å². The van der Waals surface area contributed by atoms with E-state index in [0.717, 1.165) is 5.56 Å². The molecule has 1 aromatic rings. The molecule has 0 saturated heterocycles. The van der Waals surface area contributed by atoms with Crippen molar-refractivity contribution in [2.75, 3.05) is 0 Å². The largest absolute Gasteiger partial charge is 0.207 e. The third kappa shape index (κ3) is 2.14. The second-order valence-electron chi connectivity index (χ2n) is 3.91. The van der Waals surface area contributed by atoms with Gasteiger partial charge in [0.15, 0.2) is 0 Å². The summed E-state index contributed by atoms with van der Waals surface area (Å²) in [6, 6.07) is 5.00. The third-order valence-corrected chi connectivity index (χ3v) is 2.66. The number of terminal acetylenes is 1. The Hall–Kier alpha value is -1.29. The lowest BCUT2D eigenvalue weighted by Gasteiger charge is -2.16. The molecule has 0 aliphatic carbocycles. The first-order chi connectivity index (χ1) is 6.56. The number of hydrogen-bond acceptors (Lipinski definition) is 0. The van der Waals surface area contributed by atoms with Crippen LogP contribution in [-0.2, 0) is 0 Å². The van der Waals surface area contributed by atoms with Gasteiger partial charge in [-0.2, -0.15) is 0 Å². The summed E-state index contributed by atoms with van der Waals surface area (Å²) in [5.41, 5.74) is 1.35. The summed E-state index contributed by atoms with van der Waals surface area (Å²) in [5, 5.41) is 0. The van der Waals surface area contributed by atoms with Crippen molar-refractivity contribution in [3.8, 4) is 12.3 Å². The van der Waals surface area contributed by atoms with Gasteiger partial charge in [-0.1, -0.05) is 32.8 Å². The van der Waals surface area contributed by atoms with Crippen LogP contribution >= 0.6 is 0 Å². The Labute approximate surface area is 85.2 Å². The lowest BCUT2D eigenvalue weighted by molar-refractivity contribution is 0.501. The fourth-order valence-electron chi connectivity index (χ4n) is 1.35. The molecule has 0 heterocycles. The van der Waals surface area contributed by atoms with Crippen molar-refractivity contribution in [2.45, 2.75) is 26.7 Å². The lowest BCUT2D eigenvalue weighted by Crippen LogP contribution is -2.04. The molecule has 0 saturated carbocycles. The Kier molecular flexibility index (Phi) is 3.30. The van der Waals surface area contributed by atoms with Crippen LogP contribution < -0.4 is 0 Å². The van der Waals surface area contributed by atoms with Gasteiger partial charge in [-0.05, 0) is 29.5 Å². The van der Waals surface area contributed by atoms with Crippen LogP contribution in [0.25, 0.3) is 0 Å². The standard InChI is InChI=1S/C13H15F/c1-5-11-6-7-12(13(14)8-11)10(4)9(2)3/h1,6-10H,2-4H3. The Balaban J connectivity index is 3.07. The van der Waals surface area contributed by atoms with Crippen LogP contribution in [-0.4, -0.2) is 0 Å². The predicted molar refractivity (Wildman–Crippen MR) is 57.6 cm³/mol. The first-order valence-corrected chi connectivity index (χ1v) is 4.82. The Bertz CT molecular complexity index is 358. The van der Waals surface area contributed by atoms with E-state index in [-0.39, 0.29) is 11.7 Å². The molecule has 1 heteroatoms. The second kappa shape index (κ2) is 4.28. The van der Waals surface area contributed by atoms with E-state index in [0.29, 0.717) is 11.5 Å². The van der Waals surface area contributed by atoms with Crippen molar-refractivity contribution < 1.29 is 4.39 Å². The summed E-state index contributed by atoms with van der Waals surface area (Å²) in [7, 11) is 0. The second-order valence-corrected chi connectivity index (χ2v) is 3.91. The van der Waals surface area contributed by atoms with E-state index >= 15 is 0 Å². The normalized spacial score (nSPS) is 12.6. The van der Waals surface area contributed by atoms with Gasteiger partial charge in [0.1, 0.15) is 5.82 Å². The summed E-state index contributed by atoms with van der Waals surface area (Å²) in [6.07, 6.45) is 5.19. The molecular weight excluding hydrogens is 175 g/mol. The Morgan fingerprint density at radius 3 is 2.36 bits per heavy atom. The molecule has 1 unspecified atom stereocenters. The van der Waals surface area contributed by atoms with Crippen LogP contribution in [0.3, 0.4) is 0 Å². The quantitative estimate of drug-likeness (QED) is 0.625. The average Bonchev–Trinajstić information content (AvgIpc) is 2.16. The minimum Gasteiger partial charge on any atom is -0.207 e. The smallest absolute Gasteiger partial charge is 0.127 e. The van der Waals surface area contributed by atoms with E-state index in [1.54, 1.807) is 12.1 Å². The lowest BCUT2D eigenvalue weighted by atomic mass is 9.89. The van der Waals surface area contributed by atoms with E-state index in [2.05, 4.69) is 19.8 Å². The van der Waals surface area contributed by atoms with Gasteiger partial charge < -0.3 is 0 Å². The van der Waals surface area contributed by atoms with Crippen molar-refractivity contribution >= 4 is 0 Å². The number of rotatable bonds is 2. The molecule has 1 rings (SSSR count). The molecule has 0 bridgehead atoms. The minimum absolute atomic E-state index is 0.193. The summed E-state index contributed by atoms with van der Waals surface area (Å²) < 4.78 is 13.6. The molecular formula is C13H15F. The molecule has 0 aliphatic rings. The van der Waals surface area contributed by atoms with E-state index in [1.165, 1.54) is 6.07 Å². The van der Waals surface area contributed by atoms with Gasteiger partial charge in [-0.15, -0.1) is 6.42 Å². The Morgan fingerprint density at radius 1 is 1.29 bits per heavy atom. The summed E-state index contributed by atoms with van der Waals surface area (Å²) in [4.78, 5) is 0. The van der Waals surface area contributed by atoms with Crippen LogP contribution in [0.2, 0.25) is 0 Å². The molecule has 74 valence electrons. The van der Waals surface area contributed by atoms with Crippen molar-refractivity contribution in [3.63, 3.8) is 0 Å². The third-order valence-electron chi connectivity index (χ3n) is 2.66. The highest BCUT2D eigenvalue weighted by Gasteiger charge is 2.14. The SMILES string of the molecule is C#Cc1ccc(C(C)C(C)C)c(F)c1. The van der Waals surface area contributed by atoms with Crippen molar-refractivity contribution in [1.82, 2.24) is 0 Å². The molecule has 1 aromatic carbocycles. The summed E-state index contributed by atoms with van der Waals surface area (Å²) in [6.45, 7) is 6.19. The summed E-state index contributed by atoms with van der Waals surface area (Å²) >= 11 is 0. The first kappa shape index (κ1) is 10.8. The van der Waals surface area contributed by atoms with Gasteiger partial charge >= 0.3 is 0 Å². The maximum atomic E-state index is 13.6. The average molecular weight is 190 g/mol. The van der Waals surface area contributed by atoms with Crippen molar-refractivity contribution in [1.29, 1.82) is 0 Å². The highest BCUT2D eigenvalue weighted by molar-refractivity contribution is 5.36. The van der Waals surface area contributed by atoms with Crippen LogP contribution in [0.15, 0.2) is 18.2 Å². The zero-order valence-electron chi connectivity index (χ0n) is 8.84. The van der Waals surface area contributed by atoms with Crippen molar-refractivity contribution in [3.05, 3.63) is 35.1 Å². The highest BCUT2D eigenvalue weighted by Crippen LogP contribution is 2.26. The van der Waals surface area contributed by atoms with Gasteiger partial charge in [-0.3, -0.25) is 0 Å². The fraction of sp³-hybridized carbons (Fsp3) is 0.385. The highest BCUT2D eigenvalue weighted by atomic mass is 19.1. The van der Waals surface area contributed by atoms with Gasteiger partial charge in [0.2, 0.25) is 0 Å². The molecule has 0 aliphatic heterocycles. The van der Waals surface area contributed by atoms with E-state index in [9.17, 15) is 4.39 Å². The van der Waals surface area contributed by atoms with Gasteiger partial charge in [0.25, 0.3) is 0 Å². The number of benzene rings is 1. The minimum atomic E-state index is -0.193. The molecule has 1 atom stereocenters. The zero-order valence-corrected chi connectivity index (χ0v) is 8.84. The molecule has 0 aromatic heterocycles. The number of hydrogen-bond donors (Lipinski definition) is 0. The topological polar surface area (TPSA) is 0 Å². The predicted octanol–water partition coefficient (Wildman–Crippen LogP) is 3.57. The van der Waals surface area contributed by atoms with E-state index in [4.69, 9.17) is 6.42 Å². The first-order valence-electron chi connectivity index (χ1n) is 4.82. The fourth-order valence-corrected chi connectivity index (χ4v) is 1.35. The monoisotopic (exact) mass is 190 g/mol. The summed E-state index contributed by atoms with van der Waals surface area (Å²) in [5.74, 6) is 2.89. The van der Waals surface area contributed by atoms with Crippen molar-refractivity contribution in [2.24, 2.45) is 5.92 Å². The zero-order chi connectivity index (χ0) is 10.7. The maximum Gasteiger partial charge on any atom is 0.127 e. The molecule has 0 N–H and O–H groups in total. The molecule has 0 spiro atoms. The van der Waals surface area contributed by atoms with Crippen LogP contribution in [0.1, 0.15) is 37.8 Å². The maximum absolute atomic E-state index is 13.6. The Morgan fingerprint density at radius 2 is 1.93 bits per heavy atom. The molecule has 0 fully saturated rings. The van der Waals surface area contributed by atoms with Gasteiger partial charge in [0.05, 0.1) is 0 Å². The molecule has 14 heavy (non-hydrogen) atoms. The molecule has 0 nitrogen and oxygen atoms in total. The van der Waals surface area contributed by atoms with E-state index in [1.807, 2.05) is 6.92 Å². The van der Waals surface area contributed by atoms with Gasteiger partial charge in [-0.25, -0.2) is 4.39 Å². The van der Waals surface area contributed by atoms with Crippen LogP contribution in [0, 0.1) is 24.1 Å².